The molecule has 2 aromatic carbocycles. The van der Waals surface area contributed by atoms with Crippen molar-refractivity contribution >= 4 is 59.3 Å². The van der Waals surface area contributed by atoms with Crippen molar-refractivity contribution in [1.29, 1.82) is 0 Å². The van der Waals surface area contributed by atoms with E-state index in [1.807, 2.05) is 6.07 Å². The number of halogens is 2. The van der Waals surface area contributed by atoms with Crippen molar-refractivity contribution in [3.8, 4) is 0 Å². The van der Waals surface area contributed by atoms with Crippen LogP contribution in [0.5, 0.6) is 0 Å². The minimum Gasteiger partial charge on any atom is -0.456 e. The average Bonchev–Trinajstić information content (AvgIpc) is 2.65. The first kappa shape index (κ1) is 13.0. The Labute approximate surface area is 123 Å². The lowest BCUT2D eigenvalue weighted by Gasteiger charge is -2.02. The molecule has 3 aromatic rings. The molecule has 0 amide bonds. The summed E-state index contributed by atoms with van der Waals surface area (Å²) in [5.41, 5.74) is 1.25. The monoisotopic (exact) mass is 358 g/mol. The van der Waals surface area contributed by atoms with E-state index in [1.54, 1.807) is 18.2 Å². The van der Waals surface area contributed by atoms with Crippen LogP contribution in [0.2, 0.25) is 5.02 Å². The van der Waals surface area contributed by atoms with E-state index in [0.717, 1.165) is 10.8 Å². The van der Waals surface area contributed by atoms with Gasteiger partial charge in [-0.05, 0) is 40.2 Å². The van der Waals surface area contributed by atoms with Crippen LogP contribution in [0, 0.1) is 0 Å². The van der Waals surface area contributed by atoms with E-state index in [4.69, 9.17) is 16.0 Å². The Morgan fingerprint density at radius 3 is 2.58 bits per heavy atom. The quantitative estimate of drug-likeness (QED) is 0.647. The summed E-state index contributed by atoms with van der Waals surface area (Å²) in [6.07, 6.45) is 1.18. The zero-order valence-corrected chi connectivity index (χ0v) is 12.9. The van der Waals surface area contributed by atoms with Gasteiger partial charge in [-0.2, -0.15) is 0 Å². The van der Waals surface area contributed by atoms with E-state index >= 15 is 0 Å². The van der Waals surface area contributed by atoms with E-state index < -0.39 is 9.84 Å². The summed E-state index contributed by atoms with van der Waals surface area (Å²) in [5.74, 6) is 0. The Morgan fingerprint density at radius 1 is 1.16 bits per heavy atom. The molecule has 0 aliphatic carbocycles. The van der Waals surface area contributed by atoms with Crippen LogP contribution in [0.3, 0.4) is 0 Å². The molecule has 0 aliphatic heterocycles. The molecule has 0 N–H and O–H groups in total. The van der Waals surface area contributed by atoms with Gasteiger partial charge in [-0.25, -0.2) is 8.42 Å². The van der Waals surface area contributed by atoms with Gasteiger partial charge in [0.25, 0.3) is 0 Å². The van der Waals surface area contributed by atoms with Crippen molar-refractivity contribution in [2.45, 2.75) is 4.90 Å². The molecule has 0 radical (unpaired) electrons. The topological polar surface area (TPSA) is 47.3 Å². The van der Waals surface area contributed by atoms with Gasteiger partial charge in [0.05, 0.1) is 4.90 Å². The molecule has 19 heavy (non-hydrogen) atoms. The Hall–Kier alpha value is -1.04. The highest BCUT2D eigenvalue weighted by atomic mass is 79.9. The van der Waals surface area contributed by atoms with Crippen LogP contribution in [-0.2, 0) is 9.84 Å². The second-order valence-corrected chi connectivity index (χ2v) is 7.48. The zero-order chi connectivity index (χ0) is 13.8. The first-order valence-electron chi connectivity index (χ1n) is 5.38. The van der Waals surface area contributed by atoms with Crippen molar-refractivity contribution in [3.05, 3.63) is 39.8 Å². The molecular formula is C13H8BrClO3S. The van der Waals surface area contributed by atoms with Crippen molar-refractivity contribution in [3.63, 3.8) is 0 Å². The molecule has 0 aliphatic rings. The smallest absolute Gasteiger partial charge is 0.176 e. The summed E-state index contributed by atoms with van der Waals surface area (Å²) in [6, 6.07) is 8.47. The number of furan rings is 1. The fourth-order valence-corrected chi connectivity index (χ4v) is 4.40. The largest absolute Gasteiger partial charge is 0.456 e. The second-order valence-electron chi connectivity index (χ2n) is 4.27. The molecule has 0 bridgehead atoms. The lowest BCUT2D eigenvalue weighted by molar-refractivity contribution is 0.601. The van der Waals surface area contributed by atoms with Gasteiger partial charge in [-0.15, -0.1) is 0 Å². The van der Waals surface area contributed by atoms with Crippen molar-refractivity contribution in [2.75, 3.05) is 6.26 Å². The Kier molecular flexibility index (Phi) is 2.89. The van der Waals surface area contributed by atoms with E-state index in [-0.39, 0.29) is 4.90 Å². The molecule has 3 rings (SSSR count). The molecule has 0 spiro atoms. The SMILES string of the molecule is CS(=O)(=O)c1ccc2oc3cc(Cl)ccc3c2c1Br. The maximum atomic E-state index is 11.7. The molecule has 0 saturated heterocycles. The van der Waals surface area contributed by atoms with Crippen LogP contribution in [0.25, 0.3) is 21.9 Å². The summed E-state index contributed by atoms with van der Waals surface area (Å²) >= 11 is 9.29. The van der Waals surface area contributed by atoms with Crippen molar-refractivity contribution in [2.24, 2.45) is 0 Å². The fraction of sp³-hybridized carbons (Fsp3) is 0.0769. The minimum absolute atomic E-state index is 0.248. The predicted molar refractivity (Wildman–Crippen MR) is 79.5 cm³/mol. The Morgan fingerprint density at radius 2 is 1.89 bits per heavy atom. The first-order valence-corrected chi connectivity index (χ1v) is 8.44. The van der Waals surface area contributed by atoms with Crippen LogP contribution < -0.4 is 0 Å². The van der Waals surface area contributed by atoms with Crippen molar-refractivity contribution < 1.29 is 12.8 Å². The molecule has 0 unspecified atom stereocenters. The number of fused-ring (bicyclic) bond motifs is 3. The summed E-state index contributed by atoms with van der Waals surface area (Å²) in [4.78, 5) is 0.248. The highest BCUT2D eigenvalue weighted by molar-refractivity contribution is 9.10. The maximum absolute atomic E-state index is 11.7. The van der Waals surface area contributed by atoms with Crippen LogP contribution >= 0.6 is 27.5 Å². The fourth-order valence-electron chi connectivity index (χ4n) is 2.07. The highest BCUT2D eigenvalue weighted by Gasteiger charge is 2.18. The summed E-state index contributed by atoms with van der Waals surface area (Å²) in [7, 11) is -3.29. The molecule has 1 heterocycles. The molecule has 6 heteroatoms. The second kappa shape index (κ2) is 4.23. The third-order valence-electron chi connectivity index (χ3n) is 2.90. The van der Waals surface area contributed by atoms with Gasteiger partial charge in [0.15, 0.2) is 9.84 Å². The normalized spacial score (nSPS) is 12.4. The summed E-state index contributed by atoms with van der Waals surface area (Å²) < 4.78 is 29.6. The number of rotatable bonds is 1. The molecule has 0 atom stereocenters. The lowest BCUT2D eigenvalue weighted by Crippen LogP contribution is -1.97. The van der Waals surface area contributed by atoms with E-state index in [0.29, 0.717) is 20.7 Å². The van der Waals surface area contributed by atoms with E-state index in [1.165, 1.54) is 12.3 Å². The Balaban J connectivity index is 2.52. The van der Waals surface area contributed by atoms with Gasteiger partial charge in [-0.3, -0.25) is 0 Å². The van der Waals surface area contributed by atoms with Gasteiger partial charge in [0.1, 0.15) is 11.2 Å². The number of benzene rings is 2. The highest BCUT2D eigenvalue weighted by Crippen LogP contribution is 2.38. The summed E-state index contributed by atoms with van der Waals surface area (Å²) in [6.45, 7) is 0. The van der Waals surface area contributed by atoms with Crippen molar-refractivity contribution in [1.82, 2.24) is 0 Å². The average molecular weight is 360 g/mol. The van der Waals surface area contributed by atoms with Gasteiger partial charge in [-0.1, -0.05) is 11.6 Å². The standard InChI is InChI=1S/C13H8BrClO3S/c1-19(16,17)11-5-4-9-12(13(11)14)8-3-2-7(15)6-10(8)18-9/h2-6H,1H3. The van der Waals surface area contributed by atoms with Gasteiger partial charge in [0.2, 0.25) is 0 Å². The Bertz CT molecular complexity index is 912. The number of sulfone groups is 1. The first-order chi connectivity index (χ1) is 8.88. The van der Waals surface area contributed by atoms with Gasteiger partial charge < -0.3 is 4.42 Å². The molecule has 0 saturated carbocycles. The molecule has 3 nitrogen and oxygen atoms in total. The minimum atomic E-state index is -3.29. The van der Waals surface area contributed by atoms with Crippen LogP contribution in [0.1, 0.15) is 0 Å². The van der Waals surface area contributed by atoms with Crippen LogP contribution in [-0.4, -0.2) is 14.7 Å². The molecule has 98 valence electrons. The molecular weight excluding hydrogens is 352 g/mol. The van der Waals surface area contributed by atoms with E-state index in [9.17, 15) is 8.42 Å². The maximum Gasteiger partial charge on any atom is 0.176 e. The number of hydrogen-bond acceptors (Lipinski definition) is 3. The van der Waals surface area contributed by atoms with Gasteiger partial charge in [0, 0.05) is 32.6 Å². The van der Waals surface area contributed by atoms with Crippen LogP contribution in [0.15, 0.2) is 44.1 Å². The third-order valence-corrected chi connectivity index (χ3v) is 5.36. The number of hydrogen-bond donors (Lipinski definition) is 0. The zero-order valence-electron chi connectivity index (χ0n) is 9.78. The molecule has 1 aromatic heterocycles. The van der Waals surface area contributed by atoms with Gasteiger partial charge >= 0.3 is 0 Å². The molecule has 0 fully saturated rings. The lowest BCUT2D eigenvalue weighted by atomic mass is 10.1. The van der Waals surface area contributed by atoms with Crippen LogP contribution in [0.4, 0.5) is 0 Å². The van der Waals surface area contributed by atoms with E-state index in [2.05, 4.69) is 15.9 Å². The summed E-state index contributed by atoms with van der Waals surface area (Å²) in [5, 5.41) is 2.15. The third kappa shape index (κ3) is 2.06. The predicted octanol–water partition coefficient (Wildman–Crippen LogP) is 4.41.